The van der Waals surface area contributed by atoms with Gasteiger partial charge in [-0.05, 0) is 24.6 Å². The minimum atomic E-state index is 0.230. The molecule has 27 heavy (non-hydrogen) atoms. The van der Waals surface area contributed by atoms with Crippen LogP contribution in [0.2, 0.25) is 5.02 Å². The summed E-state index contributed by atoms with van der Waals surface area (Å²) in [6, 6.07) is 24.2. The van der Waals surface area contributed by atoms with E-state index in [4.69, 9.17) is 21.1 Å². The number of nitrogens with one attached hydrogen (secondary N) is 1. The average molecular weight is 382 g/mol. The van der Waals surface area contributed by atoms with Gasteiger partial charge in [0, 0.05) is 28.7 Å². The fourth-order valence-corrected chi connectivity index (χ4v) is 3.10. The van der Waals surface area contributed by atoms with E-state index in [1.165, 1.54) is 5.56 Å². The van der Waals surface area contributed by atoms with Crippen molar-refractivity contribution < 1.29 is 9.47 Å². The minimum absolute atomic E-state index is 0.230. The Morgan fingerprint density at radius 1 is 0.889 bits per heavy atom. The van der Waals surface area contributed by atoms with Gasteiger partial charge in [0.2, 0.25) is 0 Å². The largest absolute Gasteiger partial charge is 0.493 e. The molecule has 140 valence electrons. The highest BCUT2D eigenvalue weighted by molar-refractivity contribution is 6.31. The molecule has 0 aliphatic carbocycles. The number of halogens is 1. The minimum Gasteiger partial charge on any atom is -0.493 e. The first kappa shape index (κ1) is 19.3. The third-order valence-corrected chi connectivity index (χ3v) is 4.88. The van der Waals surface area contributed by atoms with Crippen LogP contribution in [0.1, 0.15) is 29.7 Å². The summed E-state index contributed by atoms with van der Waals surface area (Å²) in [5, 5.41) is 4.25. The van der Waals surface area contributed by atoms with Gasteiger partial charge in [0.25, 0.3) is 0 Å². The molecule has 0 aliphatic heterocycles. The lowest BCUT2D eigenvalue weighted by atomic mass is 10.1. The van der Waals surface area contributed by atoms with Gasteiger partial charge in [0.15, 0.2) is 11.5 Å². The van der Waals surface area contributed by atoms with E-state index in [0.717, 1.165) is 16.9 Å². The summed E-state index contributed by atoms with van der Waals surface area (Å²) in [5.74, 6) is 1.46. The molecule has 0 spiro atoms. The Hall–Kier alpha value is -2.49. The third kappa shape index (κ3) is 5.03. The predicted molar refractivity (Wildman–Crippen MR) is 110 cm³/mol. The van der Waals surface area contributed by atoms with Crippen LogP contribution in [0.25, 0.3) is 0 Å². The fourth-order valence-electron chi connectivity index (χ4n) is 2.91. The Kier molecular flexibility index (Phi) is 6.74. The molecule has 0 fully saturated rings. The van der Waals surface area contributed by atoms with Gasteiger partial charge in [-0.2, -0.15) is 0 Å². The maximum atomic E-state index is 6.25. The van der Waals surface area contributed by atoms with E-state index in [-0.39, 0.29) is 6.04 Å². The normalized spacial score (nSPS) is 11.8. The summed E-state index contributed by atoms with van der Waals surface area (Å²) >= 11 is 6.25. The Morgan fingerprint density at radius 2 is 1.59 bits per heavy atom. The quantitative estimate of drug-likeness (QED) is 0.536. The van der Waals surface area contributed by atoms with Crippen molar-refractivity contribution in [1.82, 2.24) is 5.32 Å². The molecular weight excluding hydrogens is 358 g/mol. The second-order valence-corrected chi connectivity index (χ2v) is 6.75. The average Bonchev–Trinajstić information content (AvgIpc) is 2.72. The van der Waals surface area contributed by atoms with Gasteiger partial charge in [0.05, 0.1) is 7.11 Å². The molecule has 3 rings (SSSR count). The third-order valence-electron chi connectivity index (χ3n) is 4.51. The van der Waals surface area contributed by atoms with Crippen LogP contribution < -0.4 is 14.8 Å². The van der Waals surface area contributed by atoms with Crippen LogP contribution in [0.5, 0.6) is 11.5 Å². The topological polar surface area (TPSA) is 30.5 Å². The van der Waals surface area contributed by atoms with E-state index in [1.807, 2.05) is 42.5 Å². The van der Waals surface area contributed by atoms with Crippen LogP contribution in [0, 0.1) is 0 Å². The molecule has 1 atom stereocenters. The van der Waals surface area contributed by atoms with E-state index in [2.05, 4.69) is 42.6 Å². The molecule has 0 aliphatic rings. The van der Waals surface area contributed by atoms with Crippen LogP contribution in [0.15, 0.2) is 72.8 Å². The molecule has 0 bridgehead atoms. The molecule has 0 radical (unpaired) electrons. The number of ether oxygens (including phenoxy) is 2. The van der Waals surface area contributed by atoms with Gasteiger partial charge < -0.3 is 14.8 Å². The molecular formula is C23H24ClNO2. The zero-order valence-corrected chi connectivity index (χ0v) is 16.4. The zero-order valence-electron chi connectivity index (χ0n) is 15.6. The van der Waals surface area contributed by atoms with Crippen LogP contribution in [0.4, 0.5) is 0 Å². The van der Waals surface area contributed by atoms with Crippen LogP contribution in [-0.2, 0) is 13.2 Å². The standard InChI is InChI=1S/C23H24ClNO2/c1-17(18-9-4-3-5-10-18)25-15-19-12-8-14-22(26-2)23(19)27-16-20-11-6-7-13-21(20)24/h3-14,17,25H,15-16H2,1-2H3/t17-/m0/s1. The van der Waals surface area contributed by atoms with Crippen molar-refractivity contribution >= 4 is 11.6 Å². The molecule has 1 N–H and O–H groups in total. The SMILES string of the molecule is COc1cccc(CN[C@@H](C)c2ccccc2)c1OCc1ccccc1Cl. The predicted octanol–water partition coefficient (Wildman–Crippen LogP) is 5.78. The lowest BCUT2D eigenvalue weighted by Crippen LogP contribution is -2.18. The molecule has 0 saturated heterocycles. The maximum absolute atomic E-state index is 6.25. The highest BCUT2D eigenvalue weighted by Gasteiger charge is 2.13. The molecule has 3 nitrogen and oxygen atoms in total. The molecule has 3 aromatic carbocycles. The summed E-state index contributed by atoms with van der Waals surface area (Å²) in [4.78, 5) is 0. The Labute approximate surface area is 165 Å². The lowest BCUT2D eigenvalue weighted by Gasteiger charge is -2.18. The molecule has 0 heterocycles. The van der Waals surface area contributed by atoms with E-state index in [9.17, 15) is 0 Å². The Morgan fingerprint density at radius 3 is 2.33 bits per heavy atom. The second kappa shape index (κ2) is 9.45. The lowest BCUT2D eigenvalue weighted by molar-refractivity contribution is 0.280. The Balaban J connectivity index is 1.74. The van der Waals surface area contributed by atoms with E-state index >= 15 is 0 Å². The second-order valence-electron chi connectivity index (χ2n) is 6.34. The molecule has 3 aromatic rings. The van der Waals surface area contributed by atoms with Gasteiger partial charge in [-0.1, -0.05) is 72.3 Å². The monoisotopic (exact) mass is 381 g/mol. The highest BCUT2D eigenvalue weighted by Crippen LogP contribution is 2.32. The number of para-hydroxylation sites is 1. The molecule has 4 heteroatoms. The smallest absolute Gasteiger partial charge is 0.166 e. The van der Waals surface area contributed by atoms with Crippen LogP contribution >= 0.6 is 11.6 Å². The van der Waals surface area contributed by atoms with Crippen molar-refractivity contribution in [2.45, 2.75) is 26.1 Å². The van der Waals surface area contributed by atoms with Gasteiger partial charge in [-0.3, -0.25) is 0 Å². The van der Waals surface area contributed by atoms with Crippen molar-refractivity contribution in [3.63, 3.8) is 0 Å². The molecule has 0 aromatic heterocycles. The van der Waals surface area contributed by atoms with Gasteiger partial charge in [-0.15, -0.1) is 0 Å². The molecule has 0 unspecified atom stereocenters. The number of benzene rings is 3. The first-order valence-electron chi connectivity index (χ1n) is 8.99. The van der Waals surface area contributed by atoms with E-state index in [1.54, 1.807) is 7.11 Å². The van der Waals surface area contributed by atoms with Gasteiger partial charge in [0.1, 0.15) is 6.61 Å². The summed E-state index contributed by atoms with van der Waals surface area (Å²) in [5.41, 5.74) is 3.24. The molecule has 0 amide bonds. The zero-order chi connectivity index (χ0) is 19.1. The van der Waals surface area contributed by atoms with Crippen molar-refractivity contribution in [2.24, 2.45) is 0 Å². The summed E-state index contributed by atoms with van der Waals surface area (Å²) < 4.78 is 11.6. The highest BCUT2D eigenvalue weighted by atomic mass is 35.5. The molecule has 0 saturated carbocycles. The van der Waals surface area contributed by atoms with E-state index in [0.29, 0.717) is 23.9 Å². The van der Waals surface area contributed by atoms with Crippen molar-refractivity contribution in [3.8, 4) is 11.5 Å². The maximum Gasteiger partial charge on any atom is 0.166 e. The summed E-state index contributed by atoms with van der Waals surface area (Å²) in [6.07, 6.45) is 0. The van der Waals surface area contributed by atoms with Gasteiger partial charge in [-0.25, -0.2) is 0 Å². The first-order chi connectivity index (χ1) is 13.2. The van der Waals surface area contributed by atoms with Crippen LogP contribution in [-0.4, -0.2) is 7.11 Å². The van der Waals surface area contributed by atoms with Gasteiger partial charge >= 0.3 is 0 Å². The number of hydrogen-bond acceptors (Lipinski definition) is 3. The number of hydrogen-bond donors (Lipinski definition) is 1. The van der Waals surface area contributed by atoms with Crippen molar-refractivity contribution in [1.29, 1.82) is 0 Å². The fraction of sp³-hybridized carbons (Fsp3) is 0.217. The van der Waals surface area contributed by atoms with E-state index < -0.39 is 0 Å². The summed E-state index contributed by atoms with van der Waals surface area (Å²) in [7, 11) is 1.65. The number of methoxy groups -OCH3 is 1. The van der Waals surface area contributed by atoms with Crippen molar-refractivity contribution in [3.05, 3.63) is 94.5 Å². The van der Waals surface area contributed by atoms with Crippen molar-refractivity contribution in [2.75, 3.05) is 7.11 Å². The summed E-state index contributed by atoms with van der Waals surface area (Å²) in [6.45, 7) is 3.21. The Bertz CT molecular complexity index is 867. The number of rotatable bonds is 8. The first-order valence-corrected chi connectivity index (χ1v) is 9.37. The van der Waals surface area contributed by atoms with Crippen LogP contribution in [0.3, 0.4) is 0 Å².